The number of rotatable bonds is 2. The SMILES string of the molecule is CC.CONC(=O)c1ccc(C)c(F)c1. The van der Waals surface area contributed by atoms with Crippen LogP contribution in [0, 0.1) is 12.7 Å². The Morgan fingerprint density at radius 1 is 1.40 bits per heavy atom. The summed E-state index contributed by atoms with van der Waals surface area (Å²) < 4.78 is 13.0. The van der Waals surface area contributed by atoms with E-state index in [1.165, 1.54) is 19.2 Å². The van der Waals surface area contributed by atoms with Crippen LogP contribution in [0.5, 0.6) is 0 Å². The number of hydroxylamine groups is 1. The molecule has 84 valence electrons. The lowest BCUT2D eigenvalue weighted by atomic mass is 10.1. The molecule has 0 bridgehead atoms. The van der Waals surface area contributed by atoms with Gasteiger partial charge in [-0.2, -0.15) is 0 Å². The van der Waals surface area contributed by atoms with E-state index in [2.05, 4.69) is 10.3 Å². The Hall–Kier alpha value is -1.42. The highest BCUT2D eigenvalue weighted by Gasteiger charge is 2.06. The van der Waals surface area contributed by atoms with E-state index in [4.69, 9.17) is 0 Å². The van der Waals surface area contributed by atoms with Gasteiger partial charge in [0.15, 0.2) is 0 Å². The molecule has 0 unspecified atom stereocenters. The van der Waals surface area contributed by atoms with Gasteiger partial charge >= 0.3 is 0 Å². The average molecular weight is 213 g/mol. The Bertz CT molecular complexity index is 326. The Balaban J connectivity index is 0.000000921. The van der Waals surface area contributed by atoms with E-state index in [9.17, 15) is 9.18 Å². The summed E-state index contributed by atoms with van der Waals surface area (Å²) in [6.07, 6.45) is 0. The number of aryl methyl sites for hydroxylation is 1. The molecule has 15 heavy (non-hydrogen) atoms. The molecule has 0 aliphatic heterocycles. The Morgan fingerprint density at radius 3 is 2.47 bits per heavy atom. The lowest BCUT2D eigenvalue weighted by molar-refractivity contribution is 0.0537. The van der Waals surface area contributed by atoms with E-state index < -0.39 is 11.7 Å². The van der Waals surface area contributed by atoms with Gasteiger partial charge in [-0.05, 0) is 24.6 Å². The van der Waals surface area contributed by atoms with Crippen LogP contribution in [0.3, 0.4) is 0 Å². The normalized spacial score (nSPS) is 8.87. The zero-order valence-corrected chi connectivity index (χ0v) is 9.43. The van der Waals surface area contributed by atoms with Gasteiger partial charge in [0.1, 0.15) is 5.82 Å². The number of nitrogens with one attached hydrogen (secondary N) is 1. The van der Waals surface area contributed by atoms with Crippen LogP contribution in [0.15, 0.2) is 18.2 Å². The smallest absolute Gasteiger partial charge is 0.274 e. The molecule has 0 aromatic heterocycles. The number of hydrogen-bond donors (Lipinski definition) is 1. The van der Waals surface area contributed by atoms with Gasteiger partial charge in [0.05, 0.1) is 7.11 Å². The first-order chi connectivity index (χ1) is 7.15. The summed E-state index contributed by atoms with van der Waals surface area (Å²) in [6.45, 7) is 5.63. The second-order valence-electron chi connectivity index (χ2n) is 2.60. The predicted octanol–water partition coefficient (Wildman–Crippen LogP) is 2.45. The lowest BCUT2D eigenvalue weighted by Gasteiger charge is -2.02. The van der Waals surface area contributed by atoms with Gasteiger partial charge < -0.3 is 0 Å². The maximum atomic E-state index is 13.0. The van der Waals surface area contributed by atoms with Gasteiger partial charge in [0.2, 0.25) is 0 Å². The molecule has 1 aromatic carbocycles. The third-order valence-corrected chi connectivity index (χ3v) is 1.63. The van der Waals surface area contributed by atoms with Gasteiger partial charge in [0, 0.05) is 5.56 Å². The number of halogens is 1. The summed E-state index contributed by atoms with van der Waals surface area (Å²) >= 11 is 0. The zero-order valence-electron chi connectivity index (χ0n) is 9.43. The average Bonchev–Trinajstić information content (AvgIpc) is 2.25. The minimum atomic E-state index is -0.457. The lowest BCUT2D eigenvalue weighted by Crippen LogP contribution is -2.21. The number of carbonyl (C=O) groups is 1. The molecule has 1 amide bonds. The maximum Gasteiger partial charge on any atom is 0.274 e. The second-order valence-corrected chi connectivity index (χ2v) is 2.60. The van der Waals surface area contributed by atoms with Crippen molar-refractivity contribution in [3.8, 4) is 0 Å². The van der Waals surface area contributed by atoms with Crippen molar-refractivity contribution in [1.29, 1.82) is 0 Å². The molecule has 0 spiro atoms. The van der Waals surface area contributed by atoms with Crippen molar-refractivity contribution >= 4 is 5.91 Å². The number of carbonyl (C=O) groups excluding carboxylic acids is 1. The molecule has 0 aliphatic carbocycles. The van der Waals surface area contributed by atoms with Gasteiger partial charge in [-0.15, -0.1) is 0 Å². The minimum Gasteiger partial charge on any atom is -0.277 e. The monoisotopic (exact) mass is 213 g/mol. The van der Waals surface area contributed by atoms with Crippen LogP contribution in [0.1, 0.15) is 29.8 Å². The summed E-state index contributed by atoms with van der Waals surface area (Å²) in [5, 5.41) is 0. The van der Waals surface area contributed by atoms with E-state index in [1.54, 1.807) is 13.0 Å². The number of benzene rings is 1. The zero-order chi connectivity index (χ0) is 11.8. The summed E-state index contributed by atoms with van der Waals surface area (Å²) in [5.41, 5.74) is 2.85. The highest BCUT2D eigenvalue weighted by molar-refractivity contribution is 5.93. The highest BCUT2D eigenvalue weighted by Crippen LogP contribution is 2.08. The van der Waals surface area contributed by atoms with Crippen molar-refractivity contribution in [1.82, 2.24) is 5.48 Å². The van der Waals surface area contributed by atoms with E-state index >= 15 is 0 Å². The van der Waals surface area contributed by atoms with Crippen LogP contribution < -0.4 is 5.48 Å². The molecular formula is C11H16FNO2. The summed E-state index contributed by atoms with van der Waals surface area (Å²) in [6, 6.07) is 4.25. The second kappa shape index (κ2) is 6.95. The molecule has 0 fully saturated rings. The van der Waals surface area contributed by atoms with Gasteiger partial charge in [-0.3, -0.25) is 9.63 Å². The molecule has 0 radical (unpaired) electrons. The Morgan fingerprint density at radius 2 is 2.00 bits per heavy atom. The van der Waals surface area contributed by atoms with E-state index in [0.29, 0.717) is 5.56 Å². The minimum absolute atomic E-state index is 0.241. The topological polar surface area (TPSA) is 38.3 Å². The molecule has 0 aliphatic rings. The van der Waals surface area contributed by atoms with Gasteiger partial charge in [0.25, 0.3) is 5.91 Å². The fourth-order valence-corrected chi connectivity index (χ4v) is 0.886. The molecule has 0 atom stereocenters. The van der Waals surface area contributed by atoms with Crippen molar-refractivity contribution in [2.75, 3.05) is 7.11 Å². The molecule has 1 N–H and O–H groups in total. The molecule has 0 saturated carbocycles. The number of amides is 1. The first-order valence-corrected chi connectivity index (χ1v) is 4.74. The van der Waals surface area contributed by atoms with Gasteiger partial charge in [-0.1, -0.05) is 19.9 Å². The van der Waals surface area contributed by atoms with Crippen LogP contribution >= 0.6 is 0 Å². The standard InChI is InChI=1S/C9H10FNO2.C2H6/c1-6-3-4-7(5-8(6)10)9(12)11-13-2;1-2/h3-5H,1-2H3,(H,11,12);1-2H3. The highest BCUT2D eigenvalue weighted by atomic mass is 19.1. The first kappa shape index (κ1) is 13.6. The van der Waals surface area contributed by atoms with E-state index in [0.717, 1.165) is 0 Å². The van der Waals surface area contributed by atoms with E-state index in [-0.39, 0.29) is 5.56 Å². The van der Waals surface area contributed by atoms with Crippen molar-refractivity contribution in [3.05, 3.63) is 35.1 Å². The molecule has 0 saturated heterocycles. The molecule has 1 aromatic rings. The van der Waals surface area contributed by atoms with Crippen molar-refractivity contribution < 1.29 is 14.0 Å². The molecular weight excluding hydrogens is 197 g/mol. The third-order valence-electron chi connectivity index (χ3n) is 1.63. The summed E-state index contributed by atoms with van der Waals surface area (Å²) in [4.78, 5) is 15.5. The fourth-order valence-electron chi connectivity index (χ4n) is 0.886. The molecule has 3 nitrogen and oxygen atoms in total. The largest absolute Gasteiger partial charge is 0.277 e. The fraction of sp³-hybridized carbons (Fsp3) is 0.364. The van der Waals surface area contributed by atoms with Crippen LogP contribution in [0.4, 0.5) is 4.39 Å². The molecule has 0 heterocycles. The quantitative estimate of drug-likeness (QED) is 0.766. The summed E-state index contributed by atoms with van der Waals surface area (Å²) in [7, 11) is 1.32. The molecule has 1 rings (SSSR count). The van der Waals surface area contributed by atoms with Crippen molar-refractivity contribution in [2.45, 2.75) is 20.8 Å². The van der Waals surface area contributed by atoms with Crippen molar-refractivity contribution in [2.24, 2.45) is 0 Å². The van der Waals surface area contributed by atoms with Crippen LogP contribution in [0.2, 0.25) is 0 Å². The predicted molar refractivity (Wildman–Crippen MR) is 57.0 cm³/mol. The van der Waals surface area contributed by atoms with Gasteiger partial charge in [-0.25, -0.2) is 9.87 Å². The first-order valence-electron chi connectivity index (χ1n) is 4.74. The Labute approximate surface area is 89.2 Å². The van der Waals surface area contributed by atoms with Crippen molar-refractivity contribution in [3.63, 3.8) is 0 Å². The maximum absolute atomic E-state index is 13.0. The van der Waals surface area contributed by atoms with E-state index in [1.807, 2.05) is 13.8 Å². The summed E-state index contributed by atoms with van der Waals surface area (Å²) in [5.74, 6) is -0.856. The van der Waals surface area contributed by atoms with Crippen LogP contribution in [-0.4, -0.2) is 13.0 Å². The molecule has 4 heteroatoms. The third kappa shape index (κ3) is 4.08. The van der Waals surface area contributed by atoms with Crippen LogP contribution in [-0.2, 0) is 4.84 Å². The van der Waals surface area contributed by atoms with Crippen LogP contribution in [0.25, 0.3) is 0 Å². The number of hydrogen-bond acceptors (Lipinski definition) is 2. The Kier molecular flexibility index (Phi) is 6.29.